The third-order valence-electron chi connectivity index (χ3n) is 2.37. The molecule has 0 heterocycles. The smallest absolute Gasteiger partial charge is 0.146 e. The van der Waals surface area contributed by atoms with Gasteiger partial charge in [-0.3, -0.25) is 0 Å². The van der Waals surface area contributed by atoms with Crippen LogP contribution in [0.15, 0.2) is 42.5 Å². The zero-order valence-electron chi connectivity index (χ0n) is 9.41. The standard InChI is InChI=1S/C14H12Cl2O/c1-10-5-6-14(13(16)7-10)17-12-4-2-3-11(8-12)9-15/h2-8H,9H2,1H3. The maximum Gasteiger partial charge on any atom is 0.146 e. The molecule has 0 amide bonds. The Morgan fingerprint density at radius 2 is 1.94 bits per heavy atom. The Bertz CT molecular complexity index is 523. The molecule has 0 saturated heterocycles. The molecule has 2 rings (SSSR count). The van der Waals surface area contributed by atoms with Crippen LogP contribution in [0.4, 0.5) is 0 Å². The Balaban J connectivity index is 2.25. The van der Waals surface area contributed by atoms with Crippen LogP contribution < -0.4 is 4.74 Å². The van der Waals surface area contributed by atoms with E-state index < -0.39 is 0 Å². The second kappa shape index (κ2) is 5.44. The van der Waals surface area contributed by atoms with Crippen LogP contribution >= 0.6 is 23.2 Å². The minimum Gasteiger partial charge on any atom is -0.456 e. The van der Waals surface area contributed by atoms with Crippen molar-refractivity contribution >= 4 is 23.2 Å². The molecule has 0 radical (unpaired) electrons. The van der Waals surface area contributed by atoms with Crippen LogP contribution in [0.1, 0.15) is 11.1 Å². The van der Waals surface area contributed by atoms with Crippen LogP contribution in [0.2, 0.25) is 5.02 Å². The van der Waals surface area contributed by atoms with Gasteiger partial charge >= 0.3 is 0 Å². The average Bonchev–Trinajstić information content (AvgIpc) is 2.33. The Kier molecular flexibility index (Phi) is 3.93. The molecule has 3 heteroatoms. The van der Waals surface area contributed by atoms with Gasteiger partial charge in [-0.25, -0.2) is 0 Å². The fourth-order valence-corrected chi connectivity index (χ4v) is 1.95. The maximum absolute atomic E-state index is 6.10. The van der Waals surface area contributed by atoms with Gasteiger partial charge in [0.25, 0.3) is 0 Å². The van der Waals surface area contributed by atoms with Crippen LogP contribution in [0.25, 0.3) is 0 Å². The molecule has 0 unspecified atom stereocenters. The predicted molar refractivity (Wildman–Crippen MR) is 72.3 cm³/mol. The molecule has 0 aliphatic rings. The fraction of sp³-hybridized carbons (Fsp3) is 0.143. The number of benzene rings is 2. The van der Waals surface area contributed by atoms with E-state index in [2.05, 4.69) is 0 Å². The van der Waals surface area contributed by atoms with Crippen molar-refractivity contribution in [3.05, 3.63) is 58.6 Å². The summed E-state index contributed by atoms with van der Waals surface area (Å²) in [6.07, 6.45) is 0. The molecule has 17 heavy (non-hydrogen) atoms. The van der Waals surface area contributed by atoms with Crippen molar-refractivity contribution < 1.29 is 4.74 Å². The van der Waals surface area contributed by atoms with E-state index in [-0.39, 0.29) is 0 Å². The molecule has 0 N–H and O–H groups in total. The van der Waals surface area contributed by atoms with Gasteiger partial charge in [-0.1, -0.05) is 29.8 Å². The summed E-state index contributed by atoms with van der Waals surface area (Å²) in [5.74, 6) is 1.87. The van der Waals surface area contributed by atoms with E-state index in [4.69, 9.17) is 27.9 Å². The third-order valence-corrected chi connectivity index (χ3v) is 2.97. The Morgan fingerprint density at radius 1 is 1.12 bits per heavy atom. The first-order chi connectivity index (χ1) is 8.19. The van der Waals surface area contributed by atoms with Crippen molar-refractivity contribution in [1.29, 1.82) is 0 Å². The molecule has 0 spiro atoms. The van der Waals surface area contributed by atoms with E-state index in [9.17, 15) is 0 Å². The molecular formula is C14H12Cl2O. The van der Waals surface area contributed by atoms with E-state index in [1.165, 1.54) is 0 Å². The lowest BCUT2D eigenvalue weighted by atomic mass is 10.2. The molecule has 2 aromatic carbocycles. The number of alkyl halides is 1. The molecule has 1 nitrogen and oxygen atoms in total. The molecule has 0 fully saturated rings. The molecular weight excluding hydrogens is 255 g/mol. The van der Waals surface area contributed by atoms with Crippen molar-refractivity contribution in [2.24, 2.45) is 0 Å². The van der Waals surface area contributed by atoms with Gasteiger partial charge in [0.2, 0.25) is 0 Å². The van der Waals surface area contributed by atoms with Gasteiger partial charge in [-0.2, -0.15) is 0 Å². The topological polar surface area (TPSA) is 9.23 Å². The van der Waals surface area contributed by atoms with Gasteiger partial charge in [-0.15, -0.1) is 11.6 Å². The van der Waals surface area contributed by atoms with Gasteiger partial charge in [0.1, 0.15) is 11.5 Å². The highest BCUT2D eigenvalue weighted by Crippen LogP contribution is 2.30. The summed E-state index contributed by atoms with van der Waals surface area (Å²) >= 11 is 11.9. The minimum atomic E-state index is 0.471. The lowest BCUT2D eigenvalue weighted by Crippen LogP contribution is -1.87. The van der Waals surface area contributed by atoms with E-state index in [0.29, 0.717) is 16.7 Å². The SMILES string of the molecule is Cc1ccc(Oc2cccc(CCl)c2)c(Cl)c1. The van der Waals surface area contributed by atoms with Gasteiger partial charge in [-0.05, 0) is 42.3 Å². The second-order valence-corrected chi connectivity index (χ2v) is 4.49. The third kappa shape index (κ3) is 3.15. The predicted octanol–water partition coefficient (Wildman–Crippen LogP) is 5.18. The van der Waals surface area contributed by atoms with Crippen molar-refractivity contribution in [2.45, 2.75) is 12.8 Å². The van der Waals surface area contributed by atoms with E-state index in [1.807, 2.05) is 49.4 Å². The Hall–Kier alpha value is -1.18. The summed E-state index contributed by atoms with van der Waals surface area (Å²) in [5.41, 5.74) is 2.13. The lowest BCUT2D eigenvalue weighted by molar-refractivity contribution is 0.482. The van der Waals surface area contributed by atoms with Gasteiger partial charge in [0.05, 0.1) is 5.02 Å². The van der Waals surface area contributed by atoms with Crippen molar-refractivity contribution in [2.75, 3.05) is 0 Å². The van der Waals surface area contributed by atoms with Gasteiger partial charge in [0.15, 0.2) is 0 Å². The molecule has 0 saturated carbocycles. The highest BCUT2D eigenvalue weighted by atomic mass is 35.5. The van der Waals surface area contributed by atoms with E-state index in [0.717, 1.165) is 16.9 Å². The summed E-state index contributed by atoms with van der Waals surface area (Å²) in [7, 11) is 0. The molecule has 2 aromatic rings. The first kappa shape index (κ1) is 12.3. The van der Waals surface area contributed by atoms with Crippen molar-refractivity contribution in [1.82, 2.24) is 0 Å². The summed E-state index contributed by atoms with van der Waals surface area (Å²) < 4.78 is 5.72. The zero-order valence-corrected chi connectivity index (χ0v) is 10.9. The maximum atomic E-state index is 6.10. The summed E-state index contributed by atoms with van der Waals surface area (Å²) in [5, 5.41) is 0.612. The van der Waals surface area contributed by atoms with Crippen molar-refractivity contribution in [3.8, 4) is 11.5 Å². The summed E-state index contributed by atoms with van der Waals surface area (Å²) in [4.78, 5) is 0. The minimum absolute atomic E-state index is 0.471. The molecule has 0 aliphatic heterocycles. The van der Waals surface area contributed by atoms with Crippen LogP contribution in [-0.2, 0) is 5.88 Å². The number of ether oxygens (including phenoxy) is 1. The van der Waals surface area contributed by atoms with Crippen LogP contribution in [0.5, 0.6) is 11.5 Å². The lowest BCUT2D eigenvalue weighted by Gasteiger charge is -2.08. The second-order valence-electron chi connectivity index (χ2n) is 3.82. The zero-order chi connectivity index (χ0) is 12.3. The highest BCUT2D eigenvalue weighted by Gasteiger charge is 2.03. The average molecular weight is 267 g/mol. The van der Waals surface area contributed by atoms with E-state index in [1.54, 1.807) is 0 Å². The number of halogens is 2. The van der Waals surface area contributed by atoms with Crippen molar-refractivity contribution in [3.63, 3.8) is 0 Å². The number of aryl methyl sites for hydroxylation is 1. The number of rotatable bonds is 3. The number of hydrogen-bond acceptors (Lipinski definition) is 1. The first-order valence-electron chi connectivity index (χ1n) is 5.28. The molecule has 88 valence electrons. The molecule has 0 atom stereocenters. The largest absolute Gasteiger partial charge is 0.456 e. The number of hydrogen-bond donors (Lipinski definition) is 0. The Morgan fingerprint density at radius 3 is 2.65 bits per heavy atom. The van der Waals surface area contributed by atoms with Gasteiger partial charge < -0.3 is 4.74 Å². The molecule has 0 aliphatic carbocycles. The highest BCUT2D eigenvalue weighted by molar-refractivity contribution is 6.32. The summed E-state index contributed by atoms with van der Waals surface area (Å²) in [6, 6.07) is 13.4. The summed E-state index contributed by atoms with van der Waals surface area (Å²) in [6.45, 7) is 1.99. The molecule has 0 bridgehead atoms. The fourth-order valence-electron chi connectivity index (χ4n) is 1.51. The quantitative estimate of drug-likeness (QED) is 0.696. The van der Waals surface area contributed by atoms with Crippen LogP contribution in [-0.4, -0.2) is 0 Å². The monoisotopic (exact) mass is 266 g/mol. The van der Waals surface area contributed by atoms with Gasteiger partial charge in [0, 0.05) is 5.88 Å². The normalized spacial score (nSPS) is 10.3. The van der Waals surface area contributed by atoms with E-state index >= 15 is 0 Å². The Labute approximate surface area is 111 Å². The van der Waals surface area contributed by atoms with Crippen LogP contribution in [0, 0.1) is 6.92 Å². The van der Waals surface area contributed by atoms with Crippen LogP contribution in [0.3, 0.4) is 0 Å². The first-order valence-corrected chi connectivity index (χ1v) is 6.19. The molecule has 0 aromatic heterocycles.